The predicted molar refractivity (Wildman–Crippen MR) is 63.8 cm³/mol. The van der Waals surface area contributed by atoms with E-state index in [2.05, 4.69) is 10.3 Å². The van der Waals surface area contributed by atoms with E-state index in [4.69, 9.17) is 21.4 Å². The van der Waals surface area contributed by atoms with Gasteiger partial charge in [-0.15, -0.1) is 5.10 Å². The minimum absolute atomic E-state index is 0.139. The standard InChI is InChI=1S/C11H10ClF2N3O2/c12-9-2-1-8(3-10(9)19-6-11(13)14)17-4-7(5-18)15-16-17/h1-4,11,18H,5-6H2. The van der Waals surface area contributed by atoms with E-state index in [1.807, 2.05) is 0 Å². The van der Waals surface area contributed by atoms with Gasteiger partial charge in [-0.25, -0.2) is 13.5 Å². The van der Waals surface area contributed by atoms with Crippen LogP contribution >= 0.6 is 11.6 Å². The molecule has 1 aromatic heterocycles. The van der Waals surface area contributed by atoms with Gasteiger partial charge in [-0.2, -0.15) is 0 Å². The Morgan fingerprint density at radius 2 is 2.21 bits per heavy atom. The van der Waals surface area contributed by atoms with Crippen molar-refractivity contribution in [1.29, 1.82) is 0 Å². The van der Waals surface area contributed by atoms with Crippen LogP contribution in [0.15, 0.2) is 24.4 Å². The highest BCUT2D eigenvalue weighted by atomic mass is 35.5. The van der Waals surface area contributed by atoms with E-state index >= 15 is 0 Å². The van der Waals surface area contributed by atoms with E-state index in [1.165, 1.54) is 23.0 Å². The molecule has 2 rings (SSSR count). The number of nitrogens with zero attached hydrogens (tertiary/aromatic N) is 3. The predicted octanol–water partition coefficient (Wildman–Crippen LogP) is 2.06. The monoisotopic (exact) mass is 289 g/mol. The number of hydrogen-bond donors (Lipinski definition) is 1. The van der Waals surface area contributed by atoms with Crippen molar-refractivity contribution in [3.63, 3.8) is 0 Å². The fourth-order valence-corrected chi connectivity index (χ4v) is 1.57. The largest absolute Gasteiger partial charge is 0.486 e. The van der Waals surface area contributed by atoms with Crippen molar-refractivity contribution in [1.82, 2.24) is 15.0 Å². The third kappa shape index (κ3) is 3.39. The second-order valence-electron chi connectivity index (χ2n) is 3.63. The first-order valence-electron chi connectivity index (χ1n) is 5.33. The number of ether oxygens (including phenoxy) is 1. The summed E-state index contributed by atoms with van der Waals surface area (Å²) in [6.07, 6.45) is -1.06. The fourth-order valence-electron chi connectivity index (χ4n) is 1.39. The van der Waals surface area contributed by atoms with Crippen molar-refractivity contribution >= 4 is 11.6 Å². The Bertz CT molecular complexity index is 563. The van der Waals surface area contributed by atoms with E-state index in [0.29, 0.717) is 11.4 Å². The van der Waals surface area contributed by atoms with E-state index in [9.17, 15) is 8.78 Å². The van der Waals surface area contributed by atoms with Gasteiger partial charge in [0.05, 0.1) is 23.5 Å². The van der Waals surface area contributed by atoms with Crippen molar-refractivity contribution in [2.24, 2.45) is 0 Å². The third-order valence-corrected chi connectivity index (χ3v) is 2.56. The Balaban J connectivity index is 2.24. The van der Waals surface area contributed by atoms with Gasteiger partial charge in [0, 0.05) is 6.07 Å². The van der Waals surface area contributed by atoms with Gasteiger partial charge in [-0.1, -0.05) is 16.8 Å². The van der Waals surface area contributed by atoms with Gasteiger partial charge < -0.3 is 9.84 Å². The molecular formula is C11H10ClF2N3O2. The van der Waals surface area contributed by atoms with Crippen molar-refractivity contribution in [2.45, 2.75) is 13.0 Å². The molecular weight excluding hydrogens is 280 g/mol. The minimum Gasteiger partial charge on any atom is -0.486 e. The van der Waals surface area contributed by atoms with Crippen LogP contribution in [-0.2, 0) is 6.61 Å². The molecule has 0 unspecified atom stereocenters. The van der Waals surface area contributed by atoms with Crippen LogP contribution in [0.2, 0.25) is 5.02 Å². The van der Waals surface area contributed by atoms with Crippen molar-refractivity contribution < 1.29 is 18.6 Å². The quantitative estimate of drug-likeness (QED) is 0.915. The Labute approximate surface area is 112 Å². The summed E-state index contributed by atoms with van der Waals surface area (Å²) in [6, 6.07) is 4.62. The van der Waals surface area contributed by atoms with Crippen molar-refractivity contribution in [3.8, 4) is 11.4 Å². The van der Waals surface area contributed by atoms with Gasteiger partial charge in [0.15, 0.2) is 0 Å². The number of benzene rings is 1. The Morgan fingerprint density at radius 3 is 2.84 bits per heavy atom. The van der Waals surface area contributed by atoms with E-state index in [1.54, 1.807) is 6.07 Å². The molecule has 0 atom stereocenters. The lowest BCUT2D eigenvalue weighted by atomic mass is 10.3. The smallest absolute Gasteiger partial charge is 0.272 e. The van der Waals surface area contributed by atoms with Crippen LogP contribution in [0, 0.1) is 0 Å². The molecule has 0 fully saturated rings. The molecule has 0 spiro atoms. The first-order chi connectivity index (χ1) is 9.10. The van der Waals surface area contributed by atoms with E-state index in [-0.39, 0.29) is 17.4 Å². The highest BCUT2D eigenvalue weighted by molar-refractivity contribution is 6.32. The lowest BCUT2D eigenvalue weighted by Gasteiger charge is -2.09. The van der Waals surface area contributed by atoms with Gasteiger partial charge in [0.1, 0.15) is 18.1 Å². The maximum Gasteiger partial charge on any atom is 0.272 e. The normalized spacial score (nSPS) is 11.0. The molecule has 102 valence electrons. The average Bonchev–Trinajstić information content (AvgIpc) is 2.86. The number of aromatic nitrogens is 3. The summed E-state index contributed by atoms with van der Waals surface area (Å²) < 4.78 is 30.5. The summed E-state index contributed by atoms with van der Waals surface area (Å²) in [5.41, 5.74) is 0.936. The number of aliphatic hydroxyl groups excluding tert-OH is 1. The lowest BCUT2D eigenvalue weighted by Crippen LogP contribution is -2.07. The topological polar surface area (TPSA) is 60.2 Å². The summed E-state index contributed by atoms with van der Waals surface area (Å²) in [5.74, 6) is 0.139. The van der Waals surface area contributed by atoms with Crippen LogP contribution in [0.3, 0.4) is 0 Å². The third-order valence-electron chi connectivity index (χ3n) is 2.25. The van der Waals surface area contributed by atoms with Gasteiger partial charge in [0.2, 0.25) is 0 Å². The van der Waals surface area contributed by atoms with Crippen LogP contribution < -0.4 is 4.74 Å². The zero-order chi connectivity index (χ0) is 13.8. The molecule has 1 heterocycles. The number of halogens is 3. The van der Waals surface area contributed by atoms with Gasteiger partial charge in [-0.05, 0) is 12.1 Å². The second kappa shape index (κ2) is 5.94. The maximum atomic E-state index is 12.1. The lowest BCUT2D eigenvalue weighted by molar-refractivity contribution is 0.0819. The number of rotatable bonds is 5. The van der Waals surface area contributed by atoms with Gasteiger partial charge >= 0.3 is 0 Å². The van der Waals surface area contributed by atoms with Gasteiger partial charge in [0.25, 0.3) is 6.43 Å². The van der Waals surface area contributed by atoms with Crippen LogP contribution in [0.5, 0.6) is 5.75 Å². The molecule has 0 saturated heterocycles. The highest BCUT2D eigenvalue weighted by Gasteiger charge is 2.09. The Morgan fingerprint density at radius 1 is 1.42 bits per heavy atom. The number of hydrogen-bond acceptors (Lipinski definition) is 4. The van der Waals surface area contributed by atoms with Crippen LogP contribution in [0.4, 0.5) is 8.78 Å². The highest BCUT2D eigenvalue weighted by Crippen LogP contribution is 2.27. The number of alkyl halides is 2. The summed E-state index contributed by atoms with van der Waals surface area (Å²) in [7, 11) is 0. The molecule has 0 amide bonds. The first kappa shape index (κ1) is 13.7. The second-order valence-corrected chi connectivity index (χ2v) is 4.04. The van der Waals surface area contributed by atoms with E-state index < -0.39 is 13.0 Å². The molecule has 1 aromatic carbocycles. The molecule has 0 radical (unpaired) electrons. The van der Waals surface area contributed by atoms with Crippen molar-refractivity contribution in [2.75, 3.05) is 6.61 Å². The van der Waals surface area contributed by atoms with Crippen LogP contribution in [-0.4, -0.2) is 33.1 Å². The summed E-state index contributed by atoms with van der Waals surface area (Å²) in [6.45, 7) is -0.968. The maximum absolute atomic E-state index is 12.1. The molecule has 5 nitrogen and oxygen atoms in total. The van der Waals surface area contributed by atoms with E-state index in [0.717, 1.165) is 0 Å². The molecule has 1 N–H and O–H groups in total. The summed E-state index contributed by atoms with van der Waals surface area (Å²) in [5, 5.41) is 16.6. The van der Waals surface area contributed by atoms with Crippen LogP contribution in [0.25, 0.3) is 5.69 Å². The Kier molecular flexibility index (Phi) is 4.28. The van der Waals surface area contributed by atoms with Gasteiger partial charge in [-0.3, -0.25) is 0 Å². The zero-order valence-electron chi connectivity index (χ0n) is 9.63. The molecule has 2 aromatic rings. The average molecular weight is 290 g/mol. The SMILES string of the molecule is OCc1cn(-c2ccc(Cl)c(OCC(F)F)c2)nn1. The molecule has 0 saturated carbocycles. The fraction of sp³-hybridized carbons (Fsp3) is 0.273. The summed E-state index contributed by atoms with van der Waals surface area (Å²) in [4.78, 5) is 0. The summed E-state index contributed by atoms with van der Waals surface area (Å²) >= 11 is 5.84. The first-order valence-corrected chi connectivity index (χ1v) is 5.71. The molecule has 8 heteroatoms. The molecule has 0 aliphatic rings. The zero-order valence-corrected chi connectivity index (χ0v) is 10.4. The van der Waals surface area contributed by atoms with Crippen LogP contribution in [0.1, 0.15) is 5.69 Å². The number of aliphatic hydroxyl groups is 1. The molecule has 19 heavy (non-hydrogen) atoms. The van der Waals surface area contributed by atoms with Crippen molar-refractivity contribution in [3.05, 3.63) is 35.1 Å². The Hall–Kier alpha value is -1.73. The molecule has 0 bridgehead atoms. The minimum atomic E-state index is -2.58. The molecule has 0 aliphatic heterocycles. The molecule has 0 aliphatic carbocycles.